The standard InChI is InChI=1S/C13H18O3/c1-13-7-6-10-8(2-5-12(15)16-10)9(13)3-4-11(13)14/h8-10H,2-7H2,1H3/t8?,9?,10-,13+/m1/s1. The second-order valence-corrected chi connectivity index (χ2v) is 5.76. The average molecular weight is 222 g/mol. The number of hydrogen-bond donors (Lipinski definition) is 0. The average Bonchev–Trinajstić information content (AvgIpc) is 2.56. The molecule has 3 aliphatic rings. The van der Waals surface area contributed by atoms with Crippen molar-refractivity contribution < 1.29 is 14.3 Å². The highest BCUT2D eigenvalue weighted by Crippen LogP contribution is 2.55. The predicted molar refractivity (Wildman–Crippen MR) is 57.7 cm³/mol. The van der Waals surface area contributed by atoms with Gasteiger partial charge in [0.1, 0.15) is 11.9 Å². The Hall–Kier alpha value is -0.860. The highest BCUT2D eigenvalue weighted by atomic mass is 16.5. The van der Waals surface area contributed by atoms with Crippen molar-refractivity contribution in [3.05, 3.63) is 0 Å². The van der Waals surface area contributed by atoms with Crippen LogP contribution in [-0.2, 0) is 14.3 Å². The zero-order chi connectivity index (χ0) is 11.3. The van der Waals surface area contributed by atoms with Crippen LogP contribution >= 0.6 is 0 Å². The van der Waals surface area contributed by atoms with Crippen LogP contribution < -0.4 is 0 Å². The second kappa shape index (κ2) is 3.31. The van der Waals surface area contributed by atoms with Crippen molar-refractivity contribution in [1.82, 2.24) is 0 Å². The van der Waals surface area contributed by atoms with E-state index in [9.17, 15) is 9.59 Å². The lowest BCUT2D eigenvalue weighted by Crippen LogP contribution is -2.47. The molecule has 0 spiro atoms. The number of hydrogen-bond acceptors (Lipinski definition) is 3. The van der Waals surface area contributed by atoms with Gasteiger partial charge >= 0.3 is 5.97 Å². The minimum absolute atomic E-state index is 0.0471. The summed E-state index contributed by atoms with van der Waals surface area (Å²) < 4.78 is 5.43. The van der Waals surface area contributed by atoms with E-state index in [1.807, 2.05) is 0 Å². The molecule has 1 saturated heterocycles. The fourth-order valence-electron chi connectivity index (χ4n) is 4.07. The molecule has 0 aromatic heterocycles. The summed E-state index contributed by atoms with van der Waals surface area (Å²) in [5, 5.41) is 0. The third-order valence-electron chi connectivity index (χ3n) is 5.04. The normalized spacial score (nSPS) is 47.2. The van der Waals surface area contributed by atoms with Crippen molar-refractivity contribution in [1.29, 1.82) is 0 Å². The first-order valence-corrected chi connectivity index (χ1v) is 6.34. The molecule has 88 valence electrons. The SMILES string of the molecule is C[C@]12CC[C@H]3OC(=O)CCC3C1CCC2=O. The lowest BCUT2D eigenvalue weighted by molar-refractivity contribution is -0.168. The summed E-state index contributed by atoms with van der Waals surface area (Å²) in [7, 11) is 0. The molecule has 3 heteroatoms. The lowest BCUT2D eigenvalue weighted by Gasteiger charge is -2.46. The fraction of sp³-hybridized carbons (Fsp3) is 0.846. The molecular weight excluding hydrogens is 204 g/mol. The number of rotatable bonds is 0. The molecule has 3 nitrogen and oxygen atoms in total. The molecule has 1 aliphatic heterocycles. The molecule has 0 amide bonds. The molecule has 4 atom stereocenters. The summed E-state index contributed by atoms with van der Waals surface area (Å²) >= 11 is 0. The van der Waals surface area contributed by atoms with Crippen LogP contribution in [-0.4, -0.2) is 17.9 Å². The molecule has 2 aliphatic carbocycles. The van der Waals surface area contributed by atoms with Gasteiger partial charge < -0.3 is 4.74 Å². The van der Waals surface area contributed by atoms with Gasteiger partial charge in [0.15, 0.2) is 0 Å². The molecule has 0 N–H and O–H groups in total. The smallest absolute Gasteiger partial charge is 0.306 e. The Morgan fingerprint density at radius 1 is 1.19 bits per heavy atom. The topological polar surface area (TPSA) is 43.4 Å². The Kier molecular flexibility index (Phi) is 2.13. The first-order valence-electron chi connectivity index (χ1n) is 6.34. The van der Waals surface area contributed by atoms with E-state index in [0.717, 1.165) is 32.1 Å². The van der Waals surface area contributed by atoms with Crippen LogP contribution in [0.1, 0.15) is 45.4 Å². The third-order valence-corrected chi connectivity index (χ3v) is 5.04. The van der Waals surface area contributed by atoms with Crippen LogP contribution in [0.3, 0.4) is 0 Å². The van der Waals surface area contributed by atoms with Gasteiger partial charge in [-0.15, -0.1) is 0 Å². The molecule has 2 unspecified atom stereocenters. The van der Waals surface area contributed by atoms with Gasteiger partial charge in [-0.25, -0.2) is 0 Å². The number of carbonyl (C=O) groups is 2. The van der Waals surface area contributed by atoms with Gasteiger partial charge in [0.25, 0.3) is 0 Å². The van der Waals surface area contributed by atoms with Crippen LogP contribution in [0, 0.1) is 17.3 Å². The van der Waals surface area contributed by atoms with Crippen molar-refractivity contribution in [2.24, 2.45) is 17.3 Å². The monoisotopic (exact) mass is 222 g/mol. The summed E-state index contributed by atoms with van der Waals surface area (Å²) in [5.41, 5.74) is -0.106. The number of carbonyl (C=O) groups excluding carboxylic acids is 2. The number of ketones is 1. The van der Waals surface area contributed by atoms with Gasteiger partial charge in [0.2, 0.25) is 0 Å². The Balaban J connectivity index is 1.87. The van der Waals surface area contributed by atoms with Crippen LogP contribution in [0.4, 0.5) is 0 Å². The Bertz CT molecular complexity index is 349. The summed E-state index contributed by atoms with van der Waals surface area (Å²) in [4.78, 5) is 23.2. The zero-order valence-corrected chi connectivity index (χ0v) is 9.70. The molecule has 0 bridgehead atoms. The summed E-state index contributed by atoms with van der Waals surface area (Å²) in [5.74, 6) is 1.30. The number of esters is 1. The Morgan fingerprint density at radius 3 is 2.81 bits per heavy atom. The maximum atomic E-state index is 12.0. The maximum absolute atomic E-state index is 12.0. The molecule has 3 fully saturated rings. The third kappa shape index (κ3) is 1.26. The molecule has 0 aromatic carbocycles. The first-order chi connectivity index (χ1) is 7.61. The van der Waals surface area contributed by atoms with E-state index in [2.05, 4.69) is 6.92 Å². The second-order valence-electron chi connectivity index (χ2n) is 5.76. The molecule has 0 radical (unpaired) electrons. The van der Waals surface area contributed by atoms with Crippen molar-refractivity contribution in [2.45, 2.75) is 51.6 Å². The van der Waals surface area contributed by atoms with Crippen LogP contribution in [0.2, 0.25) is 0 Å². The van der Waals surface area contributed by atoms with E-state index < -0.39 is 0 Å². The van der Waals surface area contributed by atoms with Gasteiger partial charge in [0, 0.05) is 24.2 Å². The number of Topliss-reactive ketones (excluding diaryl/α,β-unsaturated/α-hetero) is 1. The molecule has 16 heavy (non-hydrogen) atoms. The van der Waals surface area contributed by atoms with Gasteiger partial charge in [-0.05, 0) is 31.6 Å². The van der Waals surface area contributed by atoms with Crippen molar-refractivity contribution >= 4 is 11.8 Å². The number of ether oxygens (including phenoxy) is 1. The van der Waals surface area contributed by atoms with Crippen molar-refractivity contribution in [3.8, 4) is 0 Å². The molecular formula is C13H18O3. The summed E-state index contributed by atoms with van der Waals surface area (Å²) in [6, 6.07) is 0. The zero-order valence-electron chi connectivity index (χ0n) is 9.70. The molecule has 1 heterocycles. The Morgan fingerprint density at radius 2 is 2.00 bits per heavy atom. The van der Waals surface area contributed by atoms with Crippen molar-refractivity contribution in [2.75, 3.05) is 0 Å². The first kappa shape index (κ1) is 10.3. The fourth-order valence-corrected chi connectivity index (χ4v) is 4.07. The van der Waals surface area contributed by atoms with Gasteiger partial charge in [-0.3, -0.25) is 9.59 Å². The molecule has 2 saturated carbocycles. The molecule has 0 aromatic rings. The Labute approximate surface area is 95.5 Å². The highest BCUT2D eigenvalue weighted by Gasteiger charge is 2.55. The maximum Gasteiger partial charge on any atom is 0.306 e. The minimum atomic E-state index is -0.106. The summed E-state index contributed by atoms with van der Waals surface area (Å²) in [6.45, 7) is 2.12. The van der Waals surface area contributed by atoms with Gasteiger partial charge in [-0.2, -0.15) is 0 Å². The van der Waals surface area contributed by atoms with E-state index >= 15 is 0 Å². The van der Waals surface area contributed by atoms with E-state index in [0.29, 0.717) is 24.0 Å². The van der Waals surface area contributed by atoms with E-state index in [4.69, 9.17) is 4.74 Å². The van der Waals surface area contributed by atoms with Crippen LogP contribution in [0.15, 0.2) is 0 Å². The number of fused-ring (bicyclic) bond motifs is 3. The van der Waals surface area contributed by atoms with Crippen LogP contribution in [0.5, 0.6) is 0 Å². The van der Waals surface area contributed by atoms with E-state index in [1.165, 1.54) is 0 Å². The highest BCUT2D eigenvalue weighted by molar-refractivity contribution is 5.87. The lowest BCUT2D eigenvalue weighted by atomic mass is 9.61. The van der Waals surface area contributed by atoms with E-state index in [-0.39, 0.29) is 17.5 Å². The largest absolute Gasteiger partial charge is 0.462 e. The summed E-state index contributed by atoms with van der Waals surface area (Å²) in [6.07, 6.45) is 5.11. The van der Waals surface area contributed by atoms with Crippen molar-refractivity contribution in [3.63, 3.8) is 0 Å². The van der Waals surface area contributed by atoms with Gasteiger partial charge in [0.05, 0.1) is 0 Å². The minimum Gasteiger partial charge on any atom is -0.462 e. The van der Waals surface area contributed by atoms with Crippen LogP contribution in [0.25, 0.3) is 0 Å². The molecule has 3 rings (SSSR count). The predicted octanol–water partition coefficient (Wildman–Crippen LogP) is 2.09. The van der Waals surface area contributed by atoms with E-state index in [1.54, 1.807) is 0 Å². The van der Waals surface area contributed by atoms with Gasteiger partial charge in [-0.1, -0.05) is 6.92 Å². The quantitative estimate of drug-likeness (QED) is 0.589.